The van der Waals surface area contributed by atoms with Crippen LogP contribution in [-0.2, 0) is 15.8 Å². The number of rotatable bonds is 0. The molecule has 0 aromatic rings. The first-order valence-corrected chi connectivity index (χ1v) is 3.56. The topological polar surface area (TPSA) is 72.2 Å². The van der Waals surface area contributed by atoms with E-state index in [1.54, 1.807) is 0 Å². The lowest BCUT2D eigenvalue weighted by atomic mass is 10.3. The van der Waals surface area contributed by atoms with Gasteiger partial charge in [0.25, 0.3) is 0 Å². The molecule has 0 aromatic carbocycles. The Hall–Kier alpha value is -0.680. The van der Waals surface area contributed by atoms with Crippen LogP contribution in [0.4, 0.5) is 0 Å². The Bertz CT molecular complexity index is 199. The second-order valence-corrected chi connectivity index (χ2v) is 2.73. The Kier molecular flexibility index (Phi) is 1.63. The predicted molar refractivity (Wildman–Crippen MR) is 33.4 cm³/mol. The summed E-state index contributed by atoms with van der Waals surface area (Å²) in [6.45, 7) is 0.0783. The van der Waals surface area contributed by atoms with Crippen LogP contribution in [0.2, 0.25) is 0 Å². The van der Waals surface area contributed by atoms with E-state index in [-0.39, 0.29) is 18.0 Å². The van der Waals surface area contributed by atoms with Crippen molar-refractivity contribution < 1.29 is 9.00 Å². The van der Waals surface area contributed by atoms with E-state index in [0.29, 0.717) is 0 Å². The molecule has 9 heavy (non-hydrogen) atoms. The molecule has 1 aliphatic heterocycles. The lowest BCUT2D eigenvalue weighted by Crippen LogP contribution is -2.32. The highest BCUT2D eigenvalue weighted by Crippen LogP contribution is 1.94. The van der Waals surface area contributed by atoms with E-state index in [2.05, 4.69) is 4.72 Å². The molecule has 50 valence electrons. The summed E-state index contributed by atoms with van der Waals surface area (Å²) in [5.41, 5.74) is 5.24. The van der Waals surface area contributed by atoms with Crippen molar-refractivity contribution in [3.8, 4) is 0 Å². The second-order valence-electron chi connectivity index (χ2n) is 1.61. The summed E-state index contributed by atoms with van der Waals surface area (Å²) in [4.78, 5) is 10.5. The molecule has 0 radical (unpaired) electrons. The van der Waals surface area contributed by atoms with E-state index in [1.165, 1.54) is 5.41 Å². The summed E-state index contributed by atoms with van der Waals surface area (Å²) in [5.74, 6) is -0.199. The van der Waals surface area contributed by atoms with Gasteiger partial charge < -0.3 is 5.73 Å². The molecule has 0 saturated carbocycles. The van der Waals surface area contributed by atoms with Crippen LogP contribution >= 0.6 is 0 Å². The van der Waals surface area contributed by atoms with Crippen molar-refractivity contribution in [2.45, 2.75) is 0 Å². The summed E-state index contributed by atoms with van der Waals surface area (Å²) in [7, 11) is -1.25. The molecule has 1 atom stereocenters. The minimum Gasteiger partial charge on any atom is -0.395 e. The molecule has 0 saturated heterocycles. The van der Waals surface area contributed by atoms with Crippen LogP contribution in [0.15, 0.2) is 11.1 Å². The minimum atomic E-state index is -1.25. The van der Waals surface area contributed by atoms with Gasteiger partial charge in [0.15, 0.2) is 5.78 Å². The van der Waals surface area contributed by atoms with E-state index >= 15 is 0 Å². The third-order valence-electron chi connectivity index (χ3n) is 0.931. The zero-order valence-corrected chi connectivity index (χ0v) is 5.40. The van der Waals surface area contributed by atoms with Gasteiger partial charge >= 0.3 is 0 Å². The molecule has 0 aliphatic carbocycles. The number of hydrogen-bond acceptors (Lipinski definition) is 3. The third kappa shape index (κ3) is 1.36. The number of nitrogens with two attached hydrogens (primary N) is 1. The van der Waals surface area contributed by atoms with Crippen molar-refractivity contribution in [3.05, 3.63) is 11.1 Å². The summed E-state index contributed by atoms with van der Waals surface area (Å²) < 4.78 is 12.9. The summed E-state index contributed by atoms with van der Waals surface area (Å²) >= 11 is 0. The van der Waals surface area contributed by atoms with Gasteiger partial charge in [0.2, 0.25) is 0 Å². The molecule has 0 amide bonds. The van der Waals surface area contributed by atoms with E-state index in [4.69, 9.17) is 5.73 Å². The first-order valence-electron chi connectivity index (χ1n) is 2.35. The fourth-order valence-electron chi connectivity index (χ4n) is 0.461. The van der Waals surface area contributed by atoms with Crippen molar-refractivity contribution in [1.29, 1.82) is 0 Å². The predicted octanol–water partition coefficient (Wildman–Crippen LogP) is -1.38. The molecule has 1 rings (SSSR count). The average molecular weight is 146 g/mol. The molecule has 0 spiro atoms. The number of hydrogen-bond donors (Lipinski definition) is 2. The maximum atomic E-state index is 10.5. The summed E-state index contributed by atoms with van der Waals surface area (Å²) in [6, 6.07) is 0. The van der Waals surface area contributed by atoms with Crippen LogP contribution in [0.25, 0.3) is 0 Å². The van der Waals surface area contributed by atoms with Gasteiger partial charge in [0, 0.05) is 5.41 Å². The maximum absolute atomic E-state index is 10.5. The zero-order chi connectivity index (χ0) is 6.85. The molecule has 0 fully saturated rings. The largest absolute Gasteiger partial charge is 0.395 e. The SMILES string of the molecule is NC1=CS(=O)NCC1=O. The van der Waals surface area contributed by atoms with Crippen LogP contribution < -0.4 is 10.5 Å². The minimum absolute atomic E-state index is 0.0783. The number of carbonyl (C=O) groups excluding carboxylic acids is 1. The van der Waals surface area contributed by atoms with Crippen LogP contribution in [-0.4, -0.2) is 16.5 Å². The van der Waals surface area contributed by atoms with Crippen molar-refractivity contribution in [1.82, 2.24) is 4.72 Å². The van der Waals surface area contributed by atoms with Crippen LogP contribution in [0.3, 0.4) is 0 Å². The monoisotopic (exact) mass is 146 g/mol. The Morgan fingerprint density at radius 2 is 2.44 bits per heavy atom. The highest BCUT2D eigenvalue weighted by molar-refractivity contribution is 7.86. The molecule has 5 heteroatoms. The van der Waals surface area contributed by atoms with Crippen LogP contribution in [0, 0.1) is 0 Å². The molecule has 0 bridgehead atoms. The summed E-state index contributed by atoms with van der Waals surface area (Å²) in [5, 5.41) is 1.20. The van der Waals surface area contributed by atoms with Crippen LogP contribution in [0.1, 0.15) is 0 Å². The standard InChI is InChI=1S/C4H6N2O2S/c5-3-2-9(8)6-1-4(3)7/h2,6H,1,5H2. The number of carbonyl (C=O) groups is 1. The van der Waals surface area contributed by atoms with Gasteiger partial charge in [-0.15, -0.1) is 0 Å². The van der Waals surface area contributed by atoms with Gasteiger partial charge in [-0.05, 0) is 0 Å². The fraction of sp³-hybridized carbons (Fsp3) is 0.250. The first kappa shape index (κ1) is 6.44. The van der Waals surface area contributed by atoms with Gasteiger partial charge in [-0.3, -0.25) is 4.79 Å². The highest BCUT2D eigenvalue weighted by atomic mass is 32.2. The second kappa shape index (κ2) is 2.28. The quantitative estimate of drug-likeness (QED) is 0.442. The molecule has 0 aromatic heterocycles. The van der Waals surface area contributed by atoms with E-state index in [1.807, 2.05) is 0 Å². The first-order chi connectivity index (χ1) is 4.20. The third-order valence-corrected chi connectivity index (χ3v) is 1.83. The maximum Gasteiger partial charge on any atom is 0.193 e. The Morgan fingerprint density at radius 1 is 1.78 bits per heavy atom. The van der Waals surface area contributed by atoms with Crippen molar-refractivity contribution in [3.63, 3.8) is 0 Å². The molecule has 1 unspecified atom stereocenters. The number of ketones is 1. The average Bonchev–Trinajstić information content (AvgIpc) is 1.80. The summed E-state index contributed by atoms with van der Waals surface area (Å²) in [6.07, 6.45) is 0. The zero-order valence-electron chi connectivity index (χ0n) is 4.59. The van der Waals surface area contributed by atoms with Crippen LogP contribution in [0.5, 0.6) is 0 Å². The van der Waals surface area contributed by atoms with E-state index in [9.17, 15) is 9.00 Å². The molecule has 4 nitrogen and oxygen atoms in total. The van der Waals surface area contributed by atoms with Gasteiger partial charge in [-0.2, -0.15) is 0 Å². The van der Waals surface area contributed by atoms with Crippen molar-refractivity contribution in [2.75, 3.05) is 6.54 Å². The number of Topliss-reactive ketones (excluding diaryl/α,β-unsaturated/α-hetero) is 1. The Labute approximate surface area is 54.7 Å². The number of nitrogens with one attached hydrogen (secondary N) is 1. The molecular weight excluding hydrogens is 140 g/mol. The van der Waals surface area contributed by atoms with Crippen molar-refractivity contribution >= 4 is 16.8 Å². The lowest BCUT2D eigenvalue weighted by molar-refractivity contribution is -0.114. The molecular formula is C4H6N2O2S. The lowest BCUT2D eigenvalue weighted by Gasteiger charge is -2.06. The van der Waals surface area contributed by atoms with Gasteiger partial charge in [0.05, 0.1) is 12.2 Å². The van der Waals surface area contributed by atoms with Gasteiger partial charge in [-0.25, -0.2) is 8.93 Å². The Balaban J connectivity index is 2.84. The Morgan fingerprint density at radius 3 is 2.89 bits per heavy atom. The van der Waals surface area contributed by atoms with E-state index < -0.39 is 11.0 Å². The highest BCUT2D eigenvalue weighted by Gasteiger charge is 2.12. The molecule has 3 N–H and O–H groups in total. The van der Waals surface area contributed by atoms with Gasteiger partial charge in [0.1, 0.15) is 11.0 Å². The fourth-order valence-corrected chi connectivity index (χ4v) is 1.18. The normalized spacial score (nSPS) is 27.8. The molecule has 1 heterocycles. The van der Waals surface area contributed by atoms with E-state index in [0.717, 1.165) is 0 Å². The molecule has 1 aliphatic rings. The van der Waals surface area contributed by atoms with Crippen molar-refractivity contribution in [2.24, 2.45) is 5.73 Å². The van der Waals surface area contributed by atoms with Gasteiger partial charge in [-0.1, -0.05) is 0 Å². The smallest absolute Gasteiger partial charge is 0.193 e.